The molecule has 1 fully saturated rings. The lowest BCUT2D eigenvalue weighted by atomic mass is 9.97. The maximum atomic E-state index is 12.1. The van der Waals surface area contributed by atoms with Gasteiger partial charge in [0.2, 0.25) is 11.8 Å². The van der Waals surface area contributed by atoms with Crippen molar-refractivity contribution in [3.8, 4) is 0 Å². The van der Waals surface area contributed by atoms with E-state index in [-0.39, 0.29) is 24.3 Å². The Hall–Kier alpha value is -1.84. The lowest BCUT2D eigenvalue weighted by Crippen LogP contribution is -2.39. The fourth-order valence-corrected chi connectivity index (χ4v) is 2.12. The van der Waals surface area contributed by atoms with Gasteiger partial charge in [-0.25, -0.2) is 0 Å². The van der Waals surface area contributed by atoms with E-state index in [0.717, 1.165) is 18.4 Å². The van der Waals surface area contributed by atoms with Gasteiger partial charge in [0.05, 0.1) is 6.54 Å². The molecule has 108 valence electrons. The number of hydrogen-bond donors (Lipinski definition) is 1. The summed E-state index contributed by atoms with van der Waals surface area (Å²) in [5.74, 6) is 0.112. The minimum absolute atomic E-state index is 0.00676. The number of amides is 2. The zero-order valence-corrected chi connectivity index (χ0v) is 12.1. The van der Waals surface area contributed by atoms with Crippen molar-refractivity contribution in [1.29, 1.82) is 0 Å². The van der Waals surface area contributed by atoms with Gasteiger partial charge in [0.1, 0.15) is 0 Å². The van der Waals surface area contributed by atoms with Gasteiger partial charge >= 0.3 is 0 Å². The first-order valence-corrected chi connectivity index (χ1v) is 7.14. The SMILES string of the molecule is CC(CC(=O)N(C)CC(=O)NC1CC1)c1ccccc1. The van der Waals surface area contributed by atoms with E-state index in [1.165, 1.54) is 4.90 Å². The quantitative estimate of drug-likeness (QED) is 0.861. The van der Waals surface area contributed by atoms with E-state index >= 15 is 0 Å². The maximum Gasteiger partial charge on any atom is 0.239 e. The van der Waals surface area contributed by atoms with E-state index in [1.54, 1.807) is 7.05 Å². The largest absolute Gasteiger partial charge is 0.352 e. The van der Waals surface area contributed by atoms with E-state index in [1.807, 2.05) is 37.3 Å². The molecule has 0 heterocycles. The molecule has 0 bridgehead atoms. The van der Waals surface area contributed by atoms with Gasteiger partial charge in [0.15, 0.2) is 0 Å². The van der Waals surface area contributed by atoms with Gasteiger partial charge in [0, 0.05) is 19.5 Å². The number of carbonyl (C=O) groups excluding carboxylic acids is 2. The van der Waals surface area contributed by atoms with Crippen LogP contribution in [-0.4, -0.2) is 36.3 Å². The lowest BCUT2D eigenvalue weighted by Gasteiger charge is -2.19. The fourth-order valence-electron chi connectivity index (χ4n) is 2.12. The summed E-state index contributed by atoms with van der Waals surface area (Å²) in [6.45, 7) is 2.18. The Morgan fingerprint density at radius 3 is 2.55 bits per heavy atom. The molecule has 0 aromatic heterocycles. The Kier molecular flexibility index (Phi) is 4.77. The molecule has 1 aromatic carbocycles. The van der Waals surface area contributed by atoms with Gasteiger partial charge in [0.25, 0.3) is 0 Å². The summed E-state index contributed by atoms with van der Waals surface area (Å²) in [5.41, 5.74) is 1.15. The molecule has 1 unspecified atom stereocenters. The highest BCUT2D eigenvalue weighted by Crippen LogP contribution is 2.20. The second-order valence-corrected chi connectivity index (χ2v) is 5.61. The zero-order chi connectivity index (χ0) is 14.5. The molecule has 4 nitrogen and oxygen atoms in total. The van der Waals surface area contributed by atoms with Crippen molar-refractivity contribution in [1.82, 2.24) is 10.2 Å². The predicted octanol–water partition coefficient (Wildman–Crippen LogP) is 1.92. The fraction of sp³-hybridized carbons (Fsp3) is 0.500. The van der Waals surface area contributed by atoms with Crippen LogP contribution in [0.4, 0.5) is 0 Å². The Labute approximate surface area is 120 Å². The van der Waals surface area contributed by atoms with Crippen molar-refractivity contribution in [2.24, 2.45) is 0 Å². The standard InChI is InChI=1S/C16H22N2O2/c1-12(13-6-4-3-5-7-13)10-16(20)18(2)11-15(19)17-14-8-9-14/h3-7,12,14H,8-11H2,1-2H3,(H,17,19). The molecule has 1 atom stereocenters. The smallest absolute Gasteiger partial charge is 0.239 e. The highest BCUT2D eigenvalue weighted by molar-refractivity contribution is 5.85. The zero-order valence-electron chi connectivity index (χ0n) is 12.1. The molecular formula is C16H22N2O2. The van der Waals surface area contributed by atoms with Gasteiger partial charge in [-0.05, 0) is 24.3 Å². The van der Waals surface area contributed by atoms with Crippen LogP contribution in [0.1, 0.15) is 37.7 Å². The van der Waals surface area contributed by atoms with E-state index in [4.69, 9.17) is 0 Å². The first-order valence-electron chi connectivity index (χ1n) is 7.14. The summed E-state index contributed by atoms with van der Waals surface area (Å²) < 4.78 is 0. The lowest BCUT2D eigenvalue weighted by molar-refractivity contribution is -0.135. The molecule has 0 saturated heterocycles. The van der Waals surface area contributed by atoms with Gasteiger partial charge in [-0.3, -0.25) is 9.59 Å². The third-order valence-electron chi connectivity index (χ3n) is 3.60. The van der Waals surface area contributed by atoms with Crippen LogP contribution in [0.15, 0.2) is 30.3 Å². The number of carbonyl (C=O) groups is 2. The van der Waals surface area contributed by atoms with Crippen molar-refractivity contribution in [2.45, 2.75) is 38.1 Å². The summed E-state index contributed by atoms with van der Waals surface area (Å²) in [7, 11) is 1.69. The van der Waals surface area contributed by atoms with Crippen LogP contribution in [0.3, 0.4) is 0 Å². The molecule has 0 spiro atoms. The van der Waals surface area contributed by atoms with Crippen molar-refractivity contribution in [2.75, 3.05) is 13.6 Å². The van der Waals surface area contributed by atoms with Gasteiger partial charge < -0.3 is 10.2 Å². The van der Waals surface area contributed by atoms with E-state index in [0.29, 0.717) is 12.5 Å². The Balaban J connectivity index is 1.79. The van der Waals surface area contributed by atoms with Crippen LogP contribution >= 0.6 is 0 Å². The summed E-state index contributed by atoms with van der Waals surface area (Å²) in [6.07, 6.45) is 2.56. The molecule has 20 heavy (non-hydrogen) atoms. The first-order chi connectivity index (χ1) is 9.56. The number of nitrogens with one attached hydrogen (secondary N) is 1. The maximum absolute atomic E-state index is 12.1. The van der Waals surface area contributed by atoms with Gasteiger partial charge in [-0.2, -0.15) is 0 Å². The van der Waals surface area contributed by atoms with Crippen molar-refractivity contribution in [3.05, 3.63) is 35.9 Å². The van der Waals surface area contributed by atoms with Crippen molar-refractivity contribution >= 4 is 11.8 Å². The molecule has 1 aliphatic rings. The molecule has 1 aromatic rings. The number of rotatable bonds is 6. The third kappa shape index (κ3) is 4.37. The summed E-state index contributed by atoms with van der Waals surface area (Å²) in [5, 5.41) is 2.89. The Morgan fingerprint density at radius 2 is 1.95 bits per heavy atom. The average Bonchev–Trinajstić information content (AvgIpc) is 3.23. The monoisotopic (exact) mass is 274 g/mol. The molecule has 1 saturated carbocycles. The van der Waals surface area contributed by atoms with Crippen LogP contribution in [0.5, 0.6) is 0 Å². The first kappa shape index (κ1) is 14.6. The summed E-state index contributed by atoms with van der Waals surface area (Å²) >= 11 is 0. The second-order valence-electron chi connectivity index (χ2n) is 5.61. The minimum Gasteiger partial charge on any atom is -0.352 e. The number of hydrogen-bond acceptors (Lipinski definition) is 2. The van der Waals surface area contributed by atoms with E-state index in [9.17, 15) is 9.59 Å². The van der Waals surface area contributed by atoms with Crippen LogP contribution in [0.25, 0.3) is 0 Å². The van der Waals surface area contributed by atoms with E-state index in [2.05, 4.69) is 5.32 Å². The molecule has 0 radical (unpaired) electrons. The molecule has 4 heteroatoms. The molecular weight excluding hydrogens is 252 g/mol. The van der Waals surface area contributed by atoms with Crippen LogP contribution in [0.2, 0.25) is 0 Å². The van der Waals surface area contributed by atoms with Crippen molar-refractivity contribution in [3.63, 3.8) is 0 Å². The predicted molar refractivity (Wildman–Crippen MR) is 78.3 cm³/mol. The molecule has 0 aliphatic heterocycles. The van der Waals surface area contributed by atoms with E-state index < -0.39 is 0 Å². The van der Waals surface area contributed by atoms with Gasteiger partial charge in [-0.1, -0.05) is 37.3 Å². The second kappa shape index (κ2) is 6.55. The summed E-state index contributed by atoms with van der Waals surface area (Å²) in [6, 6.07) is 10.3. The summed E-state index contributed by atoms with van der Waals surface area (Å²) in [4.78, 5) is 25.3. The molecule has 1 N–H and O–H groups in total. The Bertz CT molecular complexity index is 469. The van der Waals surface area contributed by atoms with Crippen molar-refractivity contribution < 1.29 is 9.59 Å². The third-order valence-corrected chi connectivity index (χ3v) is 3.60. The minimum atomic E-state index is -0.0595. The topological polar surface area (TPSA) is 49.4 Å². The number of nitrogens with zero attached hydrogens (tertiary/aromatic N) is 1. The van der Waals surface area contributed by atoms with Crippen LogP contribution in [-0.2, 0) is 9.59 Å². The highest BCUT2D eigenvalue weighted by atomic mass is 16.2. The van der Waals surface area contributed by atoms with Crippen LogP contribution in [0, 0.1) is 0 Å². The van der Waals surface area contributed by atoms with Gasteiger partial charge in [-0.15, -0.1) is 0 Å². The molecule has 2 amide bonds. The molecule has 2 rings (SSSR count). The highest BCUT2D eigenvalue weighted by Gasteiger charge is 2.24. The molecule has 1 aliphatic carbocycles. The average molecular weight is 274 g/mol. The normalized spacial score (nSPS) is 15.5. The number of benzene rings is 1. The van der Waals surface area contributed by atoms with Crippen LogP contribution < -0.4 is 5.32 Å². The number of likely N-dealkylation sites (N-methyl/N-ethyl adjacent to an activating group) is 1. The Morgan fingerprint density at radius 1 is 1.30 bits per heavy atom.